The molecule has 1 aliphatic rings. The van der Waals surface area contributed by atoms with Crippen LogP contribution in [-0.4, -0.2) is 47.1 Å². The number of amides is 2. The Morgan fingerprint density at radius 2 is 1.90 bits per heavy atom. The van der Waals surface area contributed by atoms with E-state index in [2.05, 4.69) is 31.0 Å². The fourth-order valence-electron chi connectivity index (χ4n) is 3.54. The van der Waals surface area contributed by atoms with E-state index in [-0.39, 0.29) is 11.7 Å². The zero-order valence-corrected chi connectivity index (χ0v) is 17.6. The monoisotopic (exact) mass is 413 g/mol. The summed E-state index contributed by atoms with van der Waals surface area (Å²) in [4.78, 5) is 28.3. The summed E-state index contributed by atoms with van der Waals surface area (Å²) >= 11 is 1.71. The predicted octanol–water partition coefficient (Wildman–Crippen LogP) is 4.36. The topological polar surface area (TPSA) is 61.4 Å². The largest absolute Gasteiger partial charge is 0.352 e. The van der Waals surface area contributed by atoms with Gasteiger partial charge >= 0.3 is 6.03 Å². The van der Waals surface area contributed by atoms with Gasteiger partial charge in [0.1, 0.15) is 22.3 Å². The third-order valence-electron chi connectivity index (χ3n) is 5.35. The average molecular weight is 414 g/mol. The minimum Gasteiger partial charge on any atom is -0.352 e. The number of hydrogen-bond acceptors (Lipinski definition) is 5. The molecule has 0 unspecified atom stereocenters. The highest BCUT2D eigenvalue weighted by atomic mass is 32.1. The summed E-state index contributed by atoms with van der Waals surface area (Å²) in [7, 11) is 0. The van der Waals surface area contributed by atoms with E-state index in [1.807, 2.05) is 0 Å². The highest BCUT2D eigenvalue weighted by Gasteiger charge is 2.25. The number of rotatable bonds is 3. The van der Waals surface area contributed by atoms with Crippen LogP contribution in [0.25, 0.3) is 10.2 Å². The number of benzene rings is 1. The van der Waals surface area contributed by atoms with Gasteiger partial charge in [-0.15, -0.1) is 11.3 Å². The number of nitrogens with zero attached hydrogens (tertiary/aromatic N) is 4. The van der Waals surface area contributed by atoms with Gasteiger partial charge < -0.3 is 15.1 Å². The van der Waals surface area contributed by atoms with Crippen molar-refractivity contribution in [1.82, 2.24) is 14.9 Å². The summed E-state index contributed by atoms with van der Waals surface area (Å²) in [6, 6.07) is 5.93. The quantitative estimate of drug-likeness (QED) is 0.693. The molecule has 1 aromatic carbocycles. The second-order valence-electron chi connectivity index (χ2n) is 7.16. The van der Waals surface area contributed by atoms with Crippen LogP contribution >= 0.6 is 11.3 Å². The summed E-state index contributed by atoms with van der Waals surface area (Å²) in [5.74, 6) is 1.37. The van der Waals surface area contributed by atoms with E-state index >= 15 is 0 Å². The fourth-order valence-corrected chi connectivity index (χ4v) is 4.58. The first-order valence-corrected chi connectivity index (χ1v) is 10.6. The molecular formula is C21H24FN5OS. The van der Waals surface area contributed by atoms with Gasteiger partial charge in [-0.2, -0.15) is 0 Å². The summed E-state index contributed by atoms with van der Waals surface area (Å²) in [5.41, 5.74) is 1.43. The molecule has 2 aromatic heterocycles. The molecule has 29 heavy (non-hydrogen) atoms. The number of piperazine rings is 1. The van der Waals surface area contributed by atoms with Crippen LogP contribution in [0.1, 0.15) is 23.2 Å². The van der Waals surface area contributed by atoms with Gasteiger partial charge in [-0.05, 0) is 31.5 Å². The molecule has 0 spiro atoms. The molecule has 2 amide bonds. The van der Waals surface area contributed by atoms with Gasteiger partial charge in [-0.3, -0.25) is 0 Å². The molecule has 6 nitrogen and oxygen atoms in total. The van der Waals surface area contributed by atoms with Crippen LogP contribution in [-0.2, 0) is 6.42 Å². The van der Waals surface area contributed by atoms with Crippen molar-refractivity contribution in [3.63, 3.8) is 0 Å². The molecule has 0 bridgehead atoms. The lowest BCUT2D eigenvalue weighted by Gasteiger charge is -2.35. The number of carbonyl (C=O) groups excluding carboxylic acids is 1. The standard InChI is InChI=1S/C21H24FN5OS/c1-4-17-24-19(18-13(2)14(3)29-20(18)25-17)26-9-11-27(12-10-26)21(28)23-16-8-6-5-7-15(16)22/h5-8H,4,9-12H2,1-3H3,(H,23,28). The van der Waals surface area contributed by atoms with Crippen LogP contribution < -0.4 is 10.2 Å². The Labute approximate surface area is 173 Å². The van der Waals surface area contributed by atoms with E-state index in [4.69, 9.17) is 9.97 Å². The number of fused-ring (bicyclic) bond motifs is 1. The van der Waals surface area contributed by atoms with Gasteiger partial charge in [0.25, 0.3) is 0 Å². The van der Waals surface area contributed by atoms with Gasteiger partial charge in [-0.25, -0.2) is 19.2 Å². The zero-order valence-electron chi connectivity index (χ0n) is 16.8. The number of halogens is 1. The Hall–Kier alpha value is -2.74. The second kappa shape index (κ2) is 7.94. The van der Waals surface area contributed by atoms with Crippen molar-refractivity contribution in [3.05, 3.63) is 46.3 Å². The Kier molecular flexibility index (Phi) is 5.36. The SMILES string of the molecule is CCc1nc(N2CCN(C(=O)Nc3ccccc3F)CC2)c2c(C)c(C)sc2n1. The molecule has 152 valence electrons. The van der Waals surface area contributed by atoms with Crippen molar-refractivity contribution >= 4 is 39.1 Å². The number of aromatic nitrogens is 2. The molecule has 0 aliphatic carbocycles. The minimum atomic E-state index is -0.432. The highest BCUT2D eigenvalue weighted by Crippen LogP contribution is 2.35. The van der Waals surface area contributed by atoms with E-state index < -0.39 is 5.82 Å². The molecule has 3 heterocycles. The third-order valence-corrected chi connectivity index (χ3v) is 6.46. The van der Waals surface area contributed by atoms with Gasteiger partial charge in [0.05, 0.1) is 11.1 Å². The maximum Gasteiger partial charge on any atom is 0.322 e. The first-order valence-electron chi connectivity index (χ1n) is 9.80. The summed E-state index contributed by atoms with van der Waals surface area (Å²) in [5, 5.41) is 3.78. The van der Waals surface area contributed by atoms with Gasteiger partial charge in [-0.1, -0.05) is 19.1 Å². The summed E-state index contributed by atoms with van der Waals surface area (Å²) in [6.45, 7) is 8.74. The normalized spacial score (nSPS) is 14.5. The average Bonchev–Trinajstić information content (AvgIpc) is 3.02. The molecule has 1 saturated heterocycles. The number of nitrogens with one attached hydrogen (secondary N) is 1. The van der Waals surface area contributed by atoms with Gasteiger partial charge in [0, 0.05) is 37.5 Å². The van der Waals surface area contributed by atoms with E-state index in [0.29, 0.717) is 26.2 Å². The molecule has 0 atom stereocenters. The van der Waals surface area contributed by atoms with Crippen molar-refractivity contribution in [2.75, 3.05) is 36.4 Å². The maximum atomic E-state index is 13.8. The van der Waals surface area contributed by atoms with Crippen LogP contribution in [0.3, 0.4) is 0 Å². The Morgan fingerprint density at radius 3 is 2.59 bits per heavy atom. The lowest BCUT2D eigenvalue weighted by Crippen LogP contribution is -2.50. The molecule has 1 aliphatic heterocycles. The minimum absolute atomic E-state index is 0.203. The number of aryl methyl sites for hydroxylation is 3. The smallest absolute Gasteiger partial charge is 0.322 e. The number of anilines is 2. The lowest BCUT2D eigenvalue weighted by atomic mass is 10.2. The van der Waals surface area contributed by atoms with Crippen molar-refractivity contribution in [2.24, 2.45) is 0 Å². The first-order chi connectivity index (χ1) is 14.0. The molecule has 0 saturated carbocycles. The van der Waals surface area contributed by atoms with Crippen molar-refractivity contribution in [2.45, 2.75) is 27.2 Å². The van der Waals surface area contributed by atoms with Crippen LogP contribution in [0.4, 0.5) is 20.7 Å². The number of urea groups is 1. The van der Waals surface area contributed by atoms with Crippen LogP contribution in [0.5, 0.6) is 0 Å². The molecule has 3 aromatic rings. The predicted molar refractivity (Wildman–Crippen MR) is 115 cm³/mol. The van der Waals surface area contributed by atoms with Crippen LogP contribution in [0.2, 0.25) is 0 Å². The van der Waals surface area contributed by atoms with E-state index in [0.717, 1.165) is 28.3 Å². The molecule has 1 N–H and O–H groups in total. The number of hydrogen-bond donors (Lipinski definition) is 1. The van der Waals surface area contributed by atoms with Gasteiger partial charge in [0.2, 0.25) is 0 Å². The molecule has 8 heteroatoms. The van der Waals surface area contributed by atoms with E-state index in [9.17, 15) is 9.18 Å². The highest BCUT2D eigenvalue weighted by molar-refractivity contribution is 7.18. The van der Waals surface area contributed by atoms with E-state index in [1.54, 1.807) is 34.4 Å². The summed E-state index contributed by atoms with van der Waals surface area (Å²) in [6.07, 6.45) is 0.782. The fraction of sp³-hybridized carbons (Fsp3) is 0.381. The lowest BCUT2D eigenvalue weighted by molar-refractivity contribution is 0.208. The van der Waals surface area contributed by atoms with E-state index in [1.165, 1.54) is 16.5 Å². The van der Waals surface area contributed by atoms with Crippen molar-refractivity contribution in [3.8, 4) is 0 Å². The van der Waals surface area contributed by atoms with Crippen molar-refractivity contribution in [1.29, 1.82) is 0 Å². The maximum absolute atomic E-state index is 13.8. The Morgan fingerprint density at radius 1 is 1.17 bits per heavy atom. The summed E-state index contributed by atoms with van der Waals surface area (Å²) < 4.78 is 13.8. The number of carbonyl (C=O) groups is 1. The number of para-hydroxylation sites is 1. The Balaban J connectivity index is 1.51. The van der Waals surface area contributed by atoms with Gasteiger partial charge in [0.15, 0.2) is 0 Å². The third kappa shape index (κ3) is 3.76. The van der Waals surface area contributed by atoms with Crippen molar-refractivity contribution < 1.29 is 9.18 Å². The first kappa shape index (κ1) is 19.6. The van der Waals surface area contributed by atoms with Crippen LogP contribution in [0.15, 0.2) is 24.3 Å². The molecule has 0 radical (unpaired) electrons. The van der Waals surface area contributed by atoms with Crippen LogP contribution in [0, 0.1) is 19.7 Å². The molecule has 1 fully saturated rings. The molecular weight excluding hydrogens is 389 g/mol. The Bertz CT molecular complexity index is 1060. The molecule has 4 rings (SSSR count). The zero-order chi connectivity index (χ0) is 20.5. The second-order valence-corrected chi connectivity index (χ2v) is 8.37. The number of thiophene rings is 1.